The Labute approximate surface area is 227 Å². The molecule has 1 saturated heterocycles. The number of hydrogen-bond acceptors (Lipinski definition) is 9. The molecule has 4 aromatic heterocycles. The number of aromatic amines is 1. The lowest BCUT2D eigenvalue weighted by atomic mass is 10.2. The van der Waals surface area contributed by atoms with Crippen molar-refractivity contribution in [2.75, 3.05) is 43.4 Å². The first-order valence-corrected chi connectivity index (χ1v) is 12.5. The van der Waals surface area contributed by atoms with Gasteiger partial charge >= 0.3 is 0 Å². The van der Waals surface area contributed by atoms with Crippen molar-refractivity contribution < 1.29 is 13.9 Å². The second kappa shape index (κ2) is 10.5. The number of halogens is 1. The predicted octanol–water partition coefficient (Wildman–Crippen LogP) is 2.83. The number of H-pyrrole nitrogens is 1. The molecular formula is C27H24FN9O3. The molecule has 5 aromatic rings. The second-order valence-electron chi connectivity index (χ2n) is 9.22. The van der Waals surface area contributed by atoms with Gasteiger partial charge in [0.2, 0.25) is 0 Å². The molecule has 0 atom stereocenters. The highest BCUT2D eigenvalue weighted by Gasteiger charge is 2.23. The average Bonchev–Trinajstić information content (AvgIpc) is 3.41. The molecule has 1 aliphatic rings. The van der Waals surface area contributed by atoms with Gasteiger partial charge in [0, 0.05) is 62.6 Å². The molecule has 202 valence electrons. The van der Waals surface area contributed by atoms with Gasteiger partial charge in [0.25, 0.3) is 11.5 Å². The molecule has 0 bridgehead atoms. The SMILES string of the molecule is CN1CCN(c2n[nH]c3nccc(Oc4ccc(NC(=O)c5ccnn(-c6ccccn6)c5=O)cc4F)c23)CC1. The lowest BCUT2D eigenvalue weighted by Crippen LogP contribution is -2.44. The van der Waals surface area contributed by atoms with Crippen LogP contribution >= 0.6 is 0 Å². The minimum Gasteiger partial charge on any atom is -0.453 e. The molecule has 40 heavy (non-hydrogen) atoms. The molecule has 13 heteroatoms. The molecule has 1 aliphatic heterocycles. The van der Waals surface area contributed by atoms with E-state index >= 15 is 4.39 Å². The van der Waals surface area contributed by atoms with E-state index in [1.165, 1.54) is 30.6 Å². The van der Waals surface area contributed by atoms with Gasteiger partial charge in [-0.2, -0.15) is 14.9 Å². The maximum Gasteiger partial charge on any atom is 0.285 e. The van der Waals surface area contributed by atoms with Gasteiger partial charge in [-0.1, -0.05) is 6.07 Å². The number of carbonyl (C=O) groups is 1. The largest absolute Gasteiger partial charge is 0.453 e. The Bertz CT molecular complexity index is 1750. The van der Waals surface area contributed by atoms with Crippen LogP contribution in [0.4, 0.5) is 15.9 Å². The average molecular weight is 542 g/mol. The first-order chi connectivity index (χ1) is 19.5. The molecule has 0 spiro atoms. The van der Waals surface area contributed by atoms with Gasteiger partial charge in [-0.25, -0.2) is 14.4 Å². The monoisotopic (exact) mass is 541 g/mol. The first-order valence-electron chi connectivity index (χ1n) is 12.5. The number of rotatable bonds is 6. The zero-order chi connectivity index (χ0) is 27.6. The molecule has 5 heterocycles. The van der Waals surface area contributed by atoms with Gasteiger partial charge in [0.05, 0.1) is 0 Å². The summed E-state index contributed by atoms with van der Waals surface area (Å²) >= 11 is 0. The third kappa shape index (κ3) is 4.85. The number of amides is 1. The number of aromatic nitrogens is 6. The van der Waals surface area contributed by atoms with E-state index in [0.717, 1.165) is 36.9 Å². The van der Waals surface area contributed by atoms with Gasteiger partial charge in [0.1, 0.15) is 16.7 Å². The lowest BCUT2D eigenvalue weighted by Gasteiger charge is -2.32. The van der Waals surface area contributed by atoms with E-state index in [1.54, 1.807) is 30.5 Å². The summed E-state index contributed by atoms with van der Waals surface area (Å²) in [4.78, 5) is 38.5. The van der Waals surface area contributed by atoms with Crippen LogP contribution in [-0.2, 0) is 0 Å². The third-order valence-electron chi connectivity index (χ3n) is 6.57. The Morgan fingerprint density at radius 2 is 1.85 bits per heavy atom. The summed E-state index contributed by atoms with van der Waals surface area (Å²) in [5, 5.41) is 14.6. The van der Waals surface area contributed by atoms with Crippen molar-refractivity contribution in [3.8, 4) is 17.3 Å². The summed E-state index contributed by atoms with van der Waals surface area (Å²) in [5.41, 5.74) is -0.143. The molecule has 2 N–H and O–H groups in total. The van der Waals surface area contributed by atoms with Crippen LogP contribution in [0.3, 0.4) is 0 Å². The number of fused-ring (bicyclic) bond motifs is 1. The number of ether oxygens (including phenoxy) is 1. The van der Waals surface area contributed by atoms with Crippen molar-refractivity contribution in [3.05, 3.63) is 88.9 Å². The van der Waals surface area contributed by atoms with Crippen molar-refractivity contribution in [1.82, 2.24) is 34.8 Å². The van der Waals surface area contributed by atoms with E-state index in [0.29, 0.717) is 22.6 Å². The van der Waals surface area contributed by atoms with Crippen molar-refractivity contribution in [2.45, 2.75) is 0 Å². The molecular weight excluding hydrogens is 517 g/mol. The van der Waals surface area contributed by atoms with E-state index in [1.807, 2.05) is 0 Å². The molecule has 1 aromatic carbocycles. The zero-order valence-corrected chi connectivity index (χ0v) is 21.4. The number of likely N-dealkylation sites (N-methyl/N-ethyl adjacent to an activating group) is 1. The lowest BCUT2D eigenvalue weighted by molar-refractivity contribution is 0.102. The van der Waals surface area contributed by atoms with E-state index < -0.39 is 17.3 Å². The fourth-order valence-corrected chi connectivity index (χ4v) is 4.44. The second-order valence-corrected chi connectivity index (χ2v) is 9.22. The molecule has 12 nitrogen and oxygen atoms in total. The Morgan fingerprint density at radius 3 is 2.62 bits per heavy atom. The van der Waals surface area contributed by atoms with Crippen LogP contribution in [0.1, 0.15) is 10.4 Å². The van der Waals surface area contributed by atoms with E-state index in [4.69, 9.17) is 4.74 Å². The Balaban J connectivity index is 1.23. The van der Waals surface area contributed by atoms with Crippen LogP contribution in [0, 0.1) is 5.82 Å². The van der Waals surface area contributed by atoms with E-state index in [9.17, 15) is 9.59 Å². The van der Waals surface area contributed by atoms with Crippen molar-refractivity contribution in [1.29, 1.82) is 0 Å². The molecule has 0 saturated carbocycles. The molecule has 0 aliphatic carbocycles. The summed E-state index contributed by atoms with van der Waals surface area (Å²) in [5.74, 6) is -0.0885. The van der Waals surface area contributed by atoms with Crippen molar-refractivity contribution >= 4 is 28.4 Å². The van der Waals surface area contributed by atoms with Crippen LogP contribution in [0.15, 0.2) is 71.9 Å². The molecule has 0 unspecified atom stereocenters. The Kier molecular flexibility index (Phi) is 6.62. The van der Waals surface area contributed by atoms with Gasteiger partial charge < -0.3 is 19.9 Å². The number of nitrogens with zero attached hydrogens (tertiary/aromatic N) is 7. The summed E-state index contributed by atoms with van der Waals surface area (Å²) in [6, 6.07) is 12.0. The summed E-state index contributed by atoms with van der Waals surface area (Å²) in [6.07, 6.45) is 4.39. The quantitative estimate of drug-likeness (QED) is 0.333. The fourth-order valence-electron chi connectivity index (χ4n) is 4.44. The van der Waals surface area contributed by atoms with E-state index in [2.05, 4.69) is 47.4 Å². The van der Waals surface area contributed by atoms with Crippen LogP contribution in [-0.4, -0.2) is 74.0 Å². The maximum atomic E-state index is 15.2. The molecule has 0 radical (unpaired) electrons. The summed E-state index contributed by atoms with van der Waals surface area (Å²) in [7, 11) is 2.07. The van der Waals surface area contributed by atoms with Crippen molar-refractivity contribution in [2.24, 2.45) is 0 Å². The smallest absolute Gasteiger partial charge is 0.285 e. The van der Waals surface area contributed by atoms with Crippen molar-refractivity contribution in [3.63, 3.8) is 0 Å². The van der Waals surface area contributed by atoms with Crippen LogP contribution in [0.2, 0.25) is 0 Å². The number of piperazine rings is 1. The topological polar surface area (TPSA) is 134 Å². The first kappa shape index (κ1) is 25.1. The maximum absolute atomic E-state index is 15.2. The number of pyridine rings is 2. The molecule has 6 rings (SSSR count). The number of nitrogens with one attached hydrogen (secondary N) is 2. The predicted molar refractivity (Wildman–Crippen MR) is 146 cm³/mol. The Hall–Kier alpha value is -5.17. The van der Waals surface area contributed by atoms with Crippen LogP contribution in [0.25, 0.3) is 16.9 Å². The number of benzene rings is 1. The summed E-state index contributed by atoms with van der Waals surface area (Å²) in [6.45, 7) is 3.36. The molecule has 1 fully saturated rings. The van der Waals surface area contributed by atoms with E-state index in [-0.39, 0.29) is 22.8 Å². The highest BCUT2D eigenvalue weighted by molar-refractivity contribution is 6.04. The number of carbonyl (C=O) groups excluding carboxylic acids is 1. The van der Waals surface area contributed by atoms with Crippen LogP contribution in [0.5, 0.6) is 11.5 Å². The van der Waals surface area contributed by atoms with Gasteiger partial charge in [-0.15, -0.1) is 0 Å². The normalized spacial score (nSPS) is 13.9. The summed E-state index contributed by atoms with van der Waals surface area (Å²) < 4.78 is 22.2. The van der Waals surface area contributed by atoms with Gasteiger partial charge in [-0.3, -0.25) is 14.7 Å². The zero-order valence-electron chi connectivity index (χ0n) is 21.4. The van der Waals surface area contributed by atoms with Gasteiger partial charge in [-0.05, 0) is 37.4 Å². The highest BCUT2D eigenvalue weighted by Crippen LogP contribution is 2.36. The van der Waals surface area contributed by atoms with Crippen LogP contribution < -0.4 is 20.5 Å². The third-order valence-corrected chi connectivity index (χ3v) is 6.57. The highest BCUT2D eigenvalue weighted by atomic mass is 19.1. The standard InChI is InChI=1S/C27H24FN9O3/c1-35-12-14-36(15-13-35)25-23-21(8-10-30-24(23)33-34-25)40-20-6-5-17(16-19(20)28)32-26(38)18-7-11-31-37(27(18)39)22-4-2-3-9-29-22/h2-11,16H,12-15H2,1H3,(H,32,38)(H,30,33,34). The fraction of sp³-hybridized carbons (Fsp3) is 0.185. The Morgan fingerprint density at radius 1 is 1.00 bits per heavy atom. The number of hydrogen-bond donors (Lipinski definition) is 2. The molecule has 1 amide bonds. The number of anilines is 2. The minimum atomic E-state index is -0.712. The van der Waals surface area contributed by atoms with Gasteiger partial charge in [0.15, 0.2) is 28.8 Å². The minimum absolute atomic E-state index is 0.0440.